The molecule has 0 saturated heterocycles. The van der Waals surface area contributed by atoms with E-state index in [1.54, 1.807) is 6.20 Å². The number of benzene rings is 2. The van der Waals surface area contributed by atoms with Gasteiger partial charge in [-0.2, -0.15) is 4.98 Å². The van der Waals surface area contributed by atoms with E-state index in [0.717, 1.165) is 27.9 Å². The van der Waals surface area contributed by atoms with Crippen LogP contribution in [-0.4, -0.2) is 24.9 Å². The van der Waals surface area contributed by atoms with Gasteiger partial charge in [0.25, 0.3) is 0 Å². The number of rotatable bonds is 5. The number of pyridine rings is 1. The maximum absolute atomic E-state index is 4.53. The fourth-order valence-electron chi connectivity index (χ4n) is 3.09. The molecule has 0 fully saturated rings. The lowest BCUT2D eigenvalue weighted by Gasteiger charge is -2.06. The van der Waals surface area contributed by atoms with Crippen LogP contribution in [0.4, 0.5) is 17.5 Å². The number of nitrogens with one attached hydrogen (secondary N) is 3. The van der Waals surface area contributed by atoms with E-state index in [2.05, 4.69) is 47.7 Å². The highest BCUT2D eigenvalue weighted by Crippen LogP contribution is 2.23. The largest absolute Gasteiger partial charge is 0.364 e. The van der Waals surface area contributed by atoms with Crippen molar-refractivity contribution in [3.63, 3.8) is 0 Å². The van der Waals surface area contributed by atoms with E-state index >= 15 is 0 Å². The van der Waals surface area contributed by atoms with Crippen LogP contribution in [0.5, 0.6) is 0 Å². The molecule has 0 bridgehead atoms. The smallest absolute Gasteiger partial charge is 0.207 e. The first-order valence-corrected chi connectivity index (χ1v) is 8.95. The predicted molar refractivity (Wildman–Crippen MR) is 110 cm³/mol. The molecule has 0 aliphatic carbocycles. The zero-order chi connectivity index (χ0) is 18.8. The highest BCUT2D eigenvalue weighted by atomic mass is 15.2. The molecule has 3 N–H and O–H groups in total. The first-order valence-electron chi connectivity index (χ1n) is 8.95. The third kappa shape index (κ3) is 3.21. The van der Waals surface area contributed by atoms with Gasteiger partial charge in [-0.05, 0) is 29.8 Å². The van der Waals surface area contributed by atoms with Crippen LogP contribution < -0.4 is 10.6 Å². The highest BCUT2D eigenvalue weighted by molar-refractivity contribution is 5.86. The predicted octanol–water partition coefficient (Wildman–Crippen LogP) is 4.26. The number of aromatic amines is 1. The molecule has 5 rings (SSSR count). The number of imidazole rings is 1. The molecule has 7 nitrogen and oxygen atoms in total. The van der Waals surface area contributed by atoms with Crippen molar-refractivity contribution in [2.24, 2.45) is 0 Å². The lowest BCUT2D eigenvalue weighted by Crippen LogP contribution is -2.02. The summed E-state index contributed by atoms with van der Waals surface area (Å²) in [5.41, 5.74) is 4.43. The third-order valence-electron chi connectivity index (χ3n) is 4.46. The van der Waals surface area contributed by atoms with Crippen molar-refractivity contribution in [1.29, 1.82) is 0 Å². The molecule has 136 valence electrons. The summed E-state index contributed by atoms with van der Waals surface area (Å²) in [5, 5.41) is 7.71. The first-order chi connectivity index (χ1) is 13.8. The molecule has 0 radical (unpaired) electrons. The Kier molecular flexibility index (Phi) is 4.02. The van der Waals surface area contributed by atoms with E-state index in [1.165, 1.54) is 11.9 Å². The molecule has 7 heteroatoms. The number of fused-ring (bicyclic) bond motifs is 2. The Morgan fingerprint density at radius 2 is 1.82 bits per heavy atom. The molecule has 0 aliphatic heterocycles. The Labute approximate surface area is 160 Å². The van der Waals surface area contributed by atoms with Crippen molar-refractivity contribution in [3.05, 3.63) is 78.8 Å². The second-order valence-electron chi connectivity index (χ2n) is 6.38. The van der Waals surface area contributed by atoms with Crippen molar-refractivity contribution in [2.75, 3.05) is 10.6 Å². The van der Waals surface area contributed by atoms with Crippen molar-refractivity contribution in [2.45, 2.75) is 6.54 Å². The molecule has 0 aliphatic rings. The minimum absolute atomic E-state index is 0.607. The van der Waals surface area contributed by atoms with Gasteiger partial charge in [0, 0.05) is 23.8 Å². The van der Waals surface area contributed by atoms with Gasteiger partial charge in [0.2, 0.25) is 5.95 Å². The third-order valence-corrected chi connectivity index (χ3v) is 4.46. The van der Waals surface area contributed by atoms with Gasteiger partial charge >= 0.3 is 0 Å². The highest BCUT2D eigenvalue weighted by Gasteiger charge is 2.10. The Hall–Kier alpha value is -4.00. The summed E-state index contributed by atoms with van der Waals surface area (Å²) in [4.78, 5) is 20.8. The Balaban J connectivity index is 1.41. The molecule has 0 amide bonds. The van der Waals surface area contributed by atoms with Crippen molar-refractivity contribution in [3.8, 4) is 0 Å². The lowest BCUT2D eigenvalue weighted by molar-refractivity contribution is 1.10. The van der Waals surface area contributed by atoms with Crippen LogP contribution >= 0.6 is 0 Å². The number of hydrogen-bond acceptors (Lipinski definition) is 6. The van der Waals surface area contributed by atoms with Crippen LogP contribution in [0.2, 0.25) is 0 Å². The van der Waals surface area contributed by atoms with E-state index in [0.29, 0.717) is 18.1 Å². The number of nitrogens with zero attached hydrogens (tertiary/aromatic N) is 4. The molecule has 0 saturated carbocycles. The fourth-order valence-corrected chi connectivity index (χ4v) is 3.09. The van der Waals surface area contributed by atoms with Crippen LogP contribution in [0.3, 0.4) is 0 Å². The van der Waals surface area contributed by atoms with Crippen LogP contribution in [0.25, 0.3) is 22.1 Å². The fraction of sp³-hybridized carbons (Fsp3) is 0.0476. The molecule has 3 heterocycles. The molecular weight excluding hydrogens is 350 g/mol. The van der Waals surface area contributed by atoms with Crippen LogP contribution in [0, 0.1) is 0 Å². The summed E-state index contributed by atoms with van der Waals surface area (Å²) in [5.74, 6) is 1.33. The van der Waals surface area contributed by atoms with Crippen LogP contribution in [0.15, 0.2) is 73.2 Å². The topological polar surface area (TPSA) is 91.4 Å². The number of aromatic nitrogens is 5. The maximum Gasteiger partial charge on any atom is 0.207 e. The SMILES string of the molecule is c1ccc(CNc2ncnc3nc(Nc4ccc5ncccc5c4)[nH]c23)cc1. The van der Waals surface area contributed by atoms with E-state index in [-0.39, 0.29) is 0 Å². The van der Waals surface area contributed by atoms with Crippen molar-refractivity contribution < 1.29 is 0 Å². The quantitative estimate of drug-likeness (QED) is 0.430. The Morgan fingerprint density at radius 1 is 0.893 bits per heavy atom. The Morgan fingerprint density at radius 3 is 2.75 bits per heavy atom. The number of anilines is 3. The van der Waals surface area contributed by atoms with Gasteiger partial charge in [-0.3, -0.25) is 4.98 Å². The second-order valence-corrected chi connectivity index (χ2v) is 6.38. The summed E-state index contributed by atoms with van der Waals surface area (Å²) in [7, 11) is 0. The van der Waals surface area contributed by atoms with Gasteiger partial charge in [0.15, 0.2) is 11.5 Å². The van der Waals surface area contributed by atoms with Gasteiger partial charge in [0.05, 0.1) is 5.52 Å². The number of H-pyrrole nitrogens is 1. The standard InChI is InChI=1S/C21H17N7/c1-2-5-14(6-3-1)12-23-19-18-20(25-13-24-19)28-21(27-18)26-16-8-9-17-15(11-16)7-4-10-22-17/h1-11,13H,12H2,(H3,23,24,25,26,27,28). The molecule has 2 aromatic carbocycles. The minimum Gasteiger partial charge on any atom is -0.364 e. The molecule has 28 heavy (non-hydrogen) atoms. The van der Waals surface area contributed by atoms with Gasteiger partial charge in [-0.15, -0.1) is 0 Å². The van der Waals surface area contributed by atoms with Crippen LogP contribution in [-0.2, 0) is 6.54 Å². The van der Waals surface area contributed by atoms with Crippen LogP contribution in [0.1, 0.15) is 5.56 Å². The summed E-state index contributed by atoms with van der Waals surface area (Å²) in [6.45, 7) is 0.673. The Bertz CT molecular complexity index is 1250. The molecule has 0 spiro atoms. The van der Waals surface area contributed by atoms with Gasteiger partial charge in [-0.1, -0.05) is 36.4 Å². The second kappa shape index (κ2) is 6.96. The van der Waals surface area contributed by atoms with E-state index in [1.807, 2.05) is 48.5 Å². The van der Waals surface area contributed by atoms with E-state index < -0.39 is 0 Å². The monoisotopic (exact) mass is 367 g/mol. The lowest BCUT2D eigenvalue weighted by atomic mass is 10.2. The first kappa shape index (κ1) is 16.2. The van der Waals surface area contributed by atoms with Gasteiger partial charge in [0.1, 0.15) is 11.8 Å². The normalized spacial score (nSPS) is 11.0. The molecule has 0 unspecified atom stereocenters. The maximum atomic E-state index is 4.53. The van der Waals surface area contributed by atoms with Gasteiger partial charge < -0.3 is 15.6 Å². The minimum atomic E-state index is 0.607. The average molecular weight is 367 g/mol. The average Bonchev–Trinajstić information content (AvgIpc) is 3.16. The van der Waals surface area contributed by atoms with Crippen molar-refractivity contribution in [1.82, 2.24) is 24.9 Å². The summed E-state index contributed by atoms with van der Waals surface area (Å²) >= 11 is 0. The number of hydrogen-bond donors (Lipinski definition) is 3. The summed E-state index contributed by atoms with van der Waals surface area (Å²) < 4.78 is 0. The molecular formula is C21H17N7. The summed E-state index contributed by atoms with van der Waals surface area (Å²) in [6, 6.07) is 20.1. The van der Waals surface area contributed by atoms with Crippen molar-refractivity contribution >= 4 is 39.5 Å². The molecule has 5 aromatic rings. The molecule has 0 atom stereocenters. The zero-order valence-corrected chi connectivity index (χ0v) is 14.9. The van der Waals surface area contributed by atoms with Gasteiger partial charge in [-0.25, -0.2) is 9.97 Å². The van der Waals surface area contributed by atoms with E-state index in [4.69, 9.17) is 0 Å². The van der Waals surface area contributed by atoms with E-state index in [9.17, 15) is 0 Å². The summed E-state index contributed by atoms with van der Waals surface area (Å²) in [6.07, 6.45) is 3.30. The molecule has 3 aromatic heterocycles. The zero-order valence-electron chi connectivity index (χ0n) is 14.9.